The summed E-state index contributed by atoms with van der Waals surface area (Å²) in [5.74, 6) is -0.970. The third-order valence-corrected chi connectivity index (χ3v) is 5.82. The van der Waals surface area contributed by atoms with Crippen LogP contribution in [0, 0.1) is 0 Å². The molecule has 0 aromatic heterocycles. The van der Waals surface area contributed by atoms with Gasteiger partial charge in [-0.2, -0.15) is 0 Å². The predicted molar refractivity (Wildman–Crippen MR) is 116 cm³/mol. The molecule has 2 saturated heterocycles. The molecule has 0 amide bonds. The highest BCUT2D eigenvalue weighted by Crippen LogP contribution is 2.30. The normalized spacial score (nSPS) is 37.1. The Balaban J connectivity index is 1.79. The standard InChI is InChI=1S/C22H30O14/c1-32-11-6-9(2-4-10(11)25)3-5-14(26)35-20-17(29)15(27)12(7-23)34-22(20)36-19-16(28)13(8-24)33-21(31)18(19)30/h2-6,12-13,15-25,27-31H,7-8H2,1H3/b5-3+/t12-,13-,15-,16-,17+,18-,19+,20-,21-,22+/m1/s1. The van der Waals surface area contributed by atoms with Gasteiger partial charge < -0.3 is 64.5 Å². The summed E-state index contributed by atoms with van der Waals surface area (Å²) in [7, 11) is 1.35. The minimum absolute atomic E-state index is 0.113. The Labute approximate surface area is 205 Å². The third-order valence-electron chi connectivity index (χ3n) is 5.82. The molecule has 202 valence electrons. The third kappa shape index (κ3) is 6.12. The number of hydrogen-bond acceptors (Lipinski definition) is 14. The molecule has 14 nitrogen and oxygen atoms in total. The average molecular weight is 518 g/mol. The van der Waals surface area contributed by atoms with Gasteiger partial charge in [0.1, 0.15) is 42.7 Å². The molecular formula is C22H30O14. The zero-order chi connectivity index (χ0) is 26.6. The van der Waals surface area contributed by atoms with Crippen LogP contribution in [-0.2, 0) is 23.7 Å². The maximum Gasteiger partial charge on any atom is 0.331 e. The maximum absolute atomic E-state index is 12.5. The highest BCUT2D eigenvalue weighted by molar-refractivity contribution is 5.87. The van der Waals surface area contributed by atoms with E-state index in [1.165, 1.54) is 31.4 Å². The van der Waals surface area contributed by atoms with Crippen LogP contribution in [0.5, 0.6) is 11.5 Å². The Bertz CT molecular complexity index is 909. The molecule has 10 atom stereocenters. The Morgan fingerprint density at radius 2 is 1.61 bits per heavy atom. The number of methoxy groups -OCH3 is 1. The lowest BCUT2D eigenvalue weighted by Crippen LogP contribution is -2.65. The number of rotatable bonds is 8. The van der Waals surface area contributed by atoms with Crippen LogP contribution in [0.25, 0.3) is 6.08 Å². The number of carbonyl (C=O) groups is 1. The fraction of sp³-hybridized carbons (Fsp3) is 0.591. The van der Waals surface area contributed by atoms with E-state index in [0.717, 1.165) is 6.08 Å². The molecule has 0 unspecified atom stereocenters. The van der Waals surface area contributed by atoms with E-state index in [0.29, 0.717) is 5.56 Å². The predicted octanol–water partition coefficient (Wildman–Crippen LogP) is -3.42. The number of benzene rings is 1. The highest BCUT2D eigenvalue weighted by Gasteiger charge is 2.51. The van der Waals surface area contributed by atoms with E-state index in [9.17, 15) is 45.6 Å². The van der Waals surface area contributed by atoms with E-state index in [-0.39, 0.29) is 11.5 Å². The second-order valence-electron chi connectivity index (χ2n) is 8.20. The van der Waals surface area contributed by atoms with Crippen molar-refractivity contribution in [2.75, 3.05) is 20.3 Å². The molecule has 2 heterocycles. The second kappa shape index (κ2) is 12.2. The maximum atomic E-state index is 12.5. The zero-order valence-electron chi connectivity index (χ0n) is 19.1. The Kier molecular flexibility index (Phi) is 9.59. The van der Waals surface area contributed by atoms with Crippen LogP contribution >= 0.6 is 0 Å². The van der Waals surface area contributed by atoms with Crippen LogP contribution in [0.2, 0.25) is 0 Å². The number of phenolic OH excluding ortho intramolecular Hbond substituents is 1. The first-order valence-corrected chi connectivity index (χ1v) is 10.9. The lowest BCUT2D eigenvalue weighted by molar-refractivity contribution is -0.356. The molecule has 8 N–H and O–H groups in total. The van der Waals surface area contributed by atoms with Crippen LogP contribution < -0.4 is 4.74 Å². The first-order valence-electron chi connectivity index (χ1n) is 10.9. The highest BCUT2D eigenvalue weighted by atomic mass is 16.7. The molecule has 2 aliphatic rings. The van der Waals surface area contributed by atoms with Gasteiger partial charge in [0.05, 0.1) is 20.3 Å². The van der Waals surface area contributed by atoms with Gasteiger partial charge in [0.25, 0.3) is 0 Å². The van der Waals surface area contributed by atoms with Gasteiger partial charge in [0.15, 0.2) is 30.2 Å². The molecule has 1 aromatic carbocycles. The van der Waals surface area contributed by atoms with E-state index in [1.807, 2.05) is 0 Å². The Morgan fingerprint density at radius 3 is 2.25 bits per heavy atom. The molecule has 2 fully saturated rings. The number of carbonyl (C=O) groups excluding carboxylic acids is 1. The molecule has 0 spiro atoms. The van der Waals surface area contributed by atoms with Crippen molar-refractivity contribution in [1.29, 1.82) is 0 Å². The summed E-state index contributed by atoms with van der Waals surface area (Å²) in [6, 6.07) is 4.27. The van der Waals surface area contributed by atoms with E-state index < -0.39 is 80.6 Å². The molecule has 1 aromatic rings. The van der Waals surface area contributed by atoms with E-state index in [1.54, 1.807) is 0 Å². The van der Waals surface area contributed by atoms with Crippen molar-refractivity contribution in [2.45, 2.75) is 61.4 Å². The Morgan fingerprint density at radius 1 is 0.944 bits per heavy atom. The summed E-state index contributed by atoms with van der Waals surface area (Å²) in [5, 5.41) is 79.8. The van der Waals surface area contributed by atoms with E-state index in [2.05, 4.69) is 0 Å². The topological polar surface area (TPSA) is 225 Å². The first-order chi connectivity index (χ1) is 17.1. The van der Waals surface area contributed by atoms with E-state index in [4.69, 9.17) is 23.7 Å². The van der Waals surface area contributed by atoms with Crippen molar-refractivity contribution in [3.8, 4) is 11.5 Å². The first kappa shape index (κ1) is 28.2. The van der Waals surface area contributed by atoms with Gasteiger partial charge in [0, 0.05) is 6.08 Å². The lowest BCUT2D eigenvalue weighted by atomic mass is 9.97. The van der Waals surface area contributed by atoms with Gasteiger partial charge in [0.2, 0.25) is 0 Å². The average Bonchev–Trinajstić information content (AvgIpc) is 2.87. The summed E-state index contributed by atoms with van der Waals surface area (Å²) in [5.41, 5.74) is 0.452. The summed E-state index contributed by atoms with van der Waals surface area (Å²) in [4.78, 5) is 12.5. The fourth-order valence-electron chi connectivity index (χ4n) is 3.81. The number of phenols is 1. The lowest BCUT2D eigenvalue weighted by Gasteiger charge is -2.45. The summed E-state index contributed by atoms with van der Waals surface area (Å²) in [6.07, 6.45) is -14.4. The number of aliphatic hydroxyl groups is 7. The monoisotopic (exact) mass is 518 g/mol. The SMILES string of the molecule is COc1cc(/C=C/C(=O)O[C@H]2[C@H](O[C@@H]3[C@@H](O)[C@H](O)O[C@H](CO)[C@H]3O)O[C@H](CO)[C@@H](O)[C@@H]2O)ccc1O. The van der Waals surface area contributed by atoms with Crippen molar-refractivity contribution in [2.24, 2.45) is 0 Å². The van der Waals surface area contributed by atoms with Crippen LogP contribution in [-0.4, -0.2) is 129 Å². The molecule has 2 aliphatic heterocycles. The largest absolute Gasteiger partial charge is 0.504 e. The molecule has 36 heavy (non-hydrogen) atoms. The number of esters is 1. The molecule has 0 bridgehead atoms. The van der Waals surface area contributed by atoms with Crippen molar-refractivity contribution >= 4 is 12.0 Å². The van der Waals surface area contributed by atoms with Crippen LogP contribution in [0.15, 0.2) is 24.3 Å². The van der Waals surface area contributed by atoms with Gasteiger partial charge in [-0.1, -0.05) is 6.07 Å². The van der Waals surface area contributed by atoms with Gasteiger partial charge in [-0.3, -0.25) is 0 Å². The van der Waals surface area contributed by atoms with Gasteiger partial charge in [-0.05, 0) is 23.8 Å². The van der Waals surface area contributed by atoms with Crippen LogP contribution in [0.1, 0.15) is 5.56 Å². The van der Waals surface area contributed by atoms with Gasteiger partial charge in [-0.15, -0.1) is 0 Å². The van der Waals surface area contributed by atoms with Crippen molar-refractivity contribution in [1.82, 2.24) is 0 Å². The smallest absolute Gasteiger partial charge is 0.331 e. The summed E-state index contributed by atoms with van der Waals surface area (Å²) >= 11 is 0. The molecular weight excluding hydrogens is 488 g/mol. The second-order valence-corrected chi connectivity index (χ2v) is 8.20. The molecule has 14 heteroatoms. The Hall–Kier alpha value is -2.37. The number of aliphatic hydroxyl groups excluding tert-OH is 7. The minimum Gasteiger partial charge on any atom is -0.504 e. The van der Waals surface area contributed by atoms with Gasteiger partial charge in [-0.25, -0.2) is 4.79 Å². The fourth-order valence-corrected chi connectivity index (χ4v) is 3.81. The molecule has 0 aliphatic carbocycles. The van der Waals surface area contributed by atoms with Crippen molar-refractivity contribution in [3.05, 3.63) is 29.8 Å². The van der Waals surface area contributed by atoms with Crippen molar-refractivity contribution < 1.29 is 69.3 Å². The summed E-state index contributed by atoms with van der Waals surface area (Å²) < 4.78 is 26.0. The number of hydrogen-bond donors (Lipinski definition) is 8. The molecule has 3 rings (SSSR count). The van der Waals surface area contributed by atoms with Gasteiger partial charge >= 0.3 is 5.97 Å². The van der Waals surface area contributed by atoms with E-state index >= 15 is 0 Å². The number of ether oxygens (including phenoxy) is 5. The minimum atomic E-state index is -1.85. The number of aromatic hydroxyl groups is 1. The quantitative estimate of drug-likeness (QED) is 0.124. The molecule has 0 radical (unpaired) electrons. The van der Waals surface area contributed by atoms with Crippen LogP contribution in [0.3, 0.4) is 0 Å². The molecule has 0 saturated carbocycles. The van der Waals surface area contributed by atoms with Crippen LogP contribution in [0.4, 0.5) is 0 Å². The van der Waals surface area contributed by atoms with Crippen molar-refractivity contribution in [3.63, 3.8) is 0 Å². The summed E-state index contributed by atoms with van der Waals surface area (Å²) in [6.45, 7) is -1.50. The zero-order valence-corrected chi connectivity index (χ0v) is 19.1.